The first kappa shape index (κ1) is 18.9. The summed E-state index contributed by atoms with van der Waals surface area (Å²) in [6.07, 6.45) is 2.95. The van der Waals surface area contributed by atoms with Gasteiger partial charge in [0.2, 0.25) is 0 Å². The quantitative estimate of drug-likeness (QED) is 0.633. The monoisotopic (exact) mass is 380 g/mol. The van der Waals surface area contributed by atoms with Crippen molar-refractivity contribution in [3.63, 3.8) is 0 Å². The van der Waals surface area contributed by atoms with E-state index >= 15 is 0 Å². The van der Waals surface area contributed by atoms with Gasteiger partial charge in [0.05, 0.1) is 12.4 Å². The second-order valence-electron chi connectivity index (χ2n) is 7.20. The Labute approximate surface area is 163 Å². The molecule has 1 heterocycles. The van der Waals surface area contributed by atoms with Crippen LogP contribution in [0, 0.1) is 0 Å². The molecule has 0 spiro atoms. The van der Waals surface area contributed by atoms with Crippen LogP contribution < -0.4 is 10.6 Å². The van der Waals surface area contributed by atoms with Gasteiger partial charge in [-0.3, -0.25) is 4.79 Å². The lowest BCUT2D eigenvalue weighted by molar-refractivity contribution is 0.102. The van der Waals surface area contributed by atoms with Crippen molar-refractivity contribution in [1.29, 1.82) is 0 Å². The number of nitrogens with zero attached hydrogens (tertiary/aromatic N) is 2. The van der Waals surface area contributed by atoms with Crippen molar-refractivity contribution in [3.05, 3.63) is 77.2 Å². The molecule has 3 aromatic rings. The van der Waals surface area contributed by atoms with Gasteiger partial charge < -0.3 is 10.6 Å². The van der Waals surface area contributed by atoms with Crippen LogP contribution in [0.2, 0.25) is 5.02 Å². The summed E-state index contributed by atoms with van der Waals surface area (Å²) in [4.78, 5) is 20.8. The molecular formula is C21H21ClN4O. The highest BCUT2D eigenvalue weighted by Crippen LogP contribution is 2.23. The average molecular weight is 381 g/mol. The predicted octanol–water partition coefficient (Wildman–Crippen LogP) is 5.42. The van der Waals surface area contributed by atoms with E-state index in [1.807, 2.05) is 36.4 Å². The molecule has 0 radical (unpaired) electrons. The zero-order valence-corrected chi connectivity index (χ0v) is 16.2. The Bertz CT molecular complexity index is 932. The maximum atomic E-state index is 12.4. The van der Waals surface area contributed by atoms with Crippen LogP contribution in [-0.2, 0) is 5.41 Å². The molecule has 0 atom stereocenters. The summed E-state index contributed by atoms with van der Waals surface area (Å²) >= 11 is 5.96. The molecule has 0 aliphatic heterocycles. The zero-order valence-electron chi connectivity index (χ0n) is 15.5. The molecule has 3 rings (SSSR count). The van der Waals surface area contributed by atoms with Crippen LogP contribution in [0.15, 0.2) is 60.9 Å². The van der Waals surface area contributed by atoms with Gasteiger partial charge in [0.15, 0.2) is 0 Å². The molecule has 6 heteroatoms. The predicted molar refractivity (Wildman–Crippen MR) is 110 cm³/mol. The van der Waals surface area contributed by atoms with E-state index in [0.29, 0.717) is 10.8 Å². The molecule has 0 aliphatic carbocycles. The van der Waals surface area contributed by atoms with Crippen LogP contribution in [0.5, 0.6) is 0 Å². The molecule has 0 saturated carbocycles. The molecule has 0 unspecified atom stereocenters. The van der Waals surface area contributed by atoms with Crippen LogP contribution in [0.3, 0.4) is 0 Å². The number of amides is 1. The maximum Gasteiger partial charge on any atom is 0.275 e. The number of halogens is 1. The third-order valence-corrected chi connectivity index (χ3v) is 4.23. The second-order valence-corrected chi connectivity index (χ2v) is 7.64. The Morgan fingerprint density at radius 1 is 0.963 bits per heavy atom. The fourth-order valence-corrected chi connectivity index (χ4v) is 2.66. The van der Waals surface area contributed by atoms with Gasteiger partial charge in [0, 0.05) is 16.4 Å². The van der Waals surface area contributed by atoms with Crippen molar-refractivity contribution in [2.24, 2.45) is 0 Å². The summed E-state index contributed by atoms with van der Waals surface area (Å²) in [7, 11) is 0. The molecule has 138 valence electrons. The fraction of sp³-hybridized carbons (Fsp3) is 0.190. The third-order valence-electron chi connectivity index (χ3n) is 3.99. The smallest absolute Gasteiger partial charge is 0.275 e. The average Bonchev–Trinajstić information content (AvgIpc) is 2.62. The lowest BCUT2D eigenvalue weighted by atomic mass is 9.87. The van der Waals surface area contributed by atoms with Gasteiger partial charge in [-0.05, 0) is 41.3 Å². The van der Waals surface area contributed by atoms with Gasteiger partial charge in [-0.1, -0.05) is 50.6 Å². The Morgan fingerprint density at radius 3 is 2.30 bits per heavy atom. The minimum Gasteiger partial charge on any atom is -0.339 e. The summed E-state index contributed by atoms with van der Waals surface area (Å²) in [5, 5.41) is 6.55. The van der Waals surface area contributed by atoms with Crippen LogP contribution in [0.4, 0.5) is 17.2 Å². The van der Waals surface area contributed by atoms with Gasteiger partial charge in [-0.25, -0.2) is 9.97 Å². The van der Waals surface area contributed by atoms with Gasteiger partial charge in [0.1, 0.15) is 11.5 Å². The second kappa shape index (κ2) is 7.76. The number of nitrogens with one attached hydrogen (secondary N) is 2. The van der Waals surface area contributed by atoms with Crippen LogP contribution in [0.1, 0.15) is 36.8 Å². The number of hydrogen-bond donors (Lipinski definition) is 2. The van der Waals surface area contributed by atoms with Crippen molar-refractivity contribution in [3.8, 4) is 0 Å². The molecule has 0 aliphatic rings. The molecular weight excluding hydrogens is 360 g/mol. The molecule has 27 heavy (non-hydrogen) atoms. The first-order valence-electron chi connectivity index (χ1n) is 8.58. The van der Waals surface area contributed by atoms with Crippen molar-refractivity contribution >= 4 is 34.7 Å². The van der Waals surface area contributed by atoms with Gasteiger partial charge in [-0.15, -0.1) is 0 Å². The van der Waals surface area contributed by atoms with Crippen molar-refractivity contribution in [2.75, 3.05) is 10.6 Å². The van der Waals surface area contributed by atoms with E-state index in [9.17, 15) is 4.79 Å². The number of carbonyl (C=O) groups is 1. The first-order chi connectivity index (χ1) is 12.8. The summed E-state index contributed by atoms with van der Waals surface area (Å²) in [6.45, 7) is 6.44. The maximum absolute atomic E-state index is 12.4. The fourth-order valence-electron chi connectivity index (χ4n) is 2.47. The molecule has 1 amide bonds. The van der Waals surface area contributed by atoms with Crippen molar-refractivity contribution in [2.45, 2.75) is 26.2 Å². The first-order valence-corrected chi connectivity index (χ1v) is 8.95. The number of benzene rings is 2. The van der Waals surface area contributed by atoms with E-state index in [1.54, 1.807) is 12.1 Å². The van der Waals surface area contributed by atoms with E-state index < -0.39 is 0 Å². The van der Waals surface area contributed by atoms with Crippen LogP contribution >= 0.6 is 11.6 Å². The Morgan fingerprint density at radius 2 is 1.70 bits per heavy atom. The molecule has 0 saturated heterocycles. The van der Waals surface area contributed by atoms with Crippen LogP contribution in [0.25, 0.3) is 0 Å². The lowest BCUT2D eigenvalue weighted by Crippen LogP contribution is -2.15. The largest absolute Gasteiger partial charge is 0.339 e. The van der Waals surface area contributed by atoms with E-state index in [2.05, 4.69) is 41.4 Å². The summed E-state index contributed by atoms with van der Waals surface area (Å²) in [5.74, 6) is 0.226. The molecule has 0 bridgehead atoms. The number of hydrogen-bond acceptors (Lipinski definition) is 4. The molecule has 1 aromatic heterocycles. The molecule has 5 nitrogen and oxygen atoms in total. The number of aromatic nitrogens is 2. The normalized spacial score (nSPS) is 11.1. The van der Waals surface area contributed by atoms with E-state index in [4.69, 9.17) is 11.6 Å². The topological polar surface area (TPSA) is 66.9 Å². The van der Waals surface area contributed by atoms with E-state index in [1.165, 1.54) is 18.0 Å². The highest BCUT2D eigenvalue weighted by atomic mass is 35.5. The number of rotatable bonds is 4. The minimum atomic E-state index is -0.305. The van der Waals surface area contributed by atoms with E-state index in [-0.39, 0.29) is 17.0 Å². The van der Waals surface area contributed by atoms with Crippen molar-refractivity contribution in [1.82, 2.24) is 9.97 Å². The van der Waals surface area contributed by atoms with Gasteiger partial charge in [-0.2, -0.15) is 0 Å². The minimum absolute atomic E-state index is 0.0693. The SMILES string of the molecule is CC(C)(C)c1ccc(NC(=O)c2cnc(Nc3cccc(Cl)c3)cn2)cc1. The zero-order chi connectivity index (χ0) is 19.4. The highest BCUT2D eigenvalue weighted by molar-refractivity contribution is 6.30. The summed E-state index contributed by atoms with van der Waals surface area (Å²) < 4.78 is 0. The van der Waals surface area contributed by atoms with Gasteiger partial charge in [0.25, 0.3) is 5.91 Å². The summed E-state index contributed by atoms with van der Waals surface area (Å²) in [5.41, 5.74) is 3.03. The Hall–Kier alpha value is -2.92. The van der Waals surface area contributed by atoms with E-state index in [0.717, 1.165) is 11.4 Å². The number of anilines is 3. The van der Waals surface area contributed by atoms with Gasteiger partial charge >= 0.3 is 0 Å². The Kier molecular flexibility index (Phi) is 5.42. The lowest BCUT2D eigenvalue weighted by Gasteiger charge is -2.19. The van der Waals surface area contributed by atoms with Crippen LogP contribution in [-0.4, -0.2) is 15.9 Å². The van der Waals surface area contributed by atoms with Crippen molar-refractivity contribution < 1.29 is 4.79 Å². The molecule has 2 aromatic carbocycles. The Balaban J connectivity index is 1.65. The highest BCUT2D eigenvalue weighted by Gasteiger charge is 2.14. The third kappa shape index (κ3) is 5.05. The number of carbonyl (C=O) groups excluding carboxylic acids is 1. The molecule has 2 N–H and O–H groups in total. The summed E-state index contributed by atoms with van der Waals surface area (Å²) in [6, 6.07) is 15.1. The molecule has 0 fully saturated rings. The standard InChI is InChI=1S/C21H21ClN4O/c1-21(2,3)14-7-9-16(10-8-14)26-20(27)18-12-24-19(13-23-18)25-17-6-4-5-15(22)11-17/h4-13H,1-3H3,(H,24,25)(H,26,27).